The Kier molecular flexibility index (Phi) is 30.7. The van der Waals surface area contributed by atoms with Crippen LogP contribution in [0.1, 0.15) is 142 Å². The van der Waals surface area contributed by atoms with Crippen LogP contribution in [-0.2, 0) is 28.6 Å². The highest BCUT2D eigenvalue weighted by molar-refractivity contribution is 5.72. The van der Waals surface area contributed by atoms with Crippen LogP contribution in [0.5, 0.6) is 0 Å². The lowest BCUT2D eigenvalue weighted by molar-refractivity contribution is -0.887. The van der Waals surface area contributed by atoms with E-state index in [-0.39, 0.29) is 36.2 Å². The Morgan fingerprint density at radius 3 is 1.69 bits per heavy atom. The van der Waals surface area contributed by atoms with E-state index in [2.05, 4.69) is 62.5 Å². The molecule has 2 unspecified atom stereocenters. The first-order valence-corrected chi connectivity index (χ1v) is 19.2. The normalized spacial score (nSPS) is 13.6. The van der Waals surface area contributed by atoms with Crippen LogP contribution in [0.15, 0.2) is 48.6 Å². The van der Waals surface area contributed by atoms with Crippen molar-refractivity contribution < 1.29 is 38.2 Å². The predicted molar refractivity (Wildman–Crippen MR) is 201 cm³/mol. The van der Waals surface area contributed by atoms with Gasteiger partial charge in [0.05, 0.1) is 34.4 Å². The Balaban J connectivity index is 4.19. The molecule has 0 rings (SSSR count). The molecule has 2 atom stereocenters. The second kappa shape index (κ2) is 32.5. The van der Waals surface area contributed by atoms with Gasteiger partial charge < -0.3 is 23.8 Å². The molecule has 0 aliphatic carbocycles. The fraction of sp³-hybridized carbons (Fsp3) is 0.732. The quantitative estimate of drug-likeness (QED) is 0.0317. The standard InChI is InChI=1S/C41H71NO7/c1-6-8-10-12-13-14-15-16-17-18-19-20-21-22-23-24-25-26-27-28-30-32-40(44)49-37(36-48-39(43)31-29-11-9-7-2)35-47-34-33-38(41(45)46)42(3,4)5/h8,10,13-14,16-17,19-20,37-38H,6-7,9,11-12,15,18,21-36H2,1-5H3/p+1/b10-8-,14-13-,17-16-,20-19-. The van der Waals surface area contributed by atoms with Gasteiger partial charge in [-0.25, -0.2) is 4.79 Å². The number of quaternary nitrogens is 1. The van der Waals surface area contributed by atoms with E-state index in [9.17, 15) is 19.5 Å². The number of nitrogens with zero attached hydrogens (tertiary/aromatic N) is 1. The van der Waals surface area contributed by atoms with Crippen molar-refractivity contribution in [1.82, 2.24) is 0 Å². The lowest BCUT2D eigenvalue weighted by atomic mass is 10.1. The second-order valence-electron chi connectivity index (χ2n) is 13.8. The van der Waals surface area contributed by atoms with Crippen molar-refractivity contribution in [3.63, 3.8) is 0 Å². The summed E-state index contributed by atoms with van der Waals surface area (Å²) in [4.78, 5) is 36.4. The molecule has 0 saturated carbocycles. The number of rotatable bonds is 33. The predicted octanol–water partition coefficient (Wildman–Crippen LogP) is 9.68. The number of esters is 2. The molecule has 1 N–H and O–H groups in total. The Labute approximate surface area is 299 Å². The molecule has 0 heterocycles. The van der Waals surface area contributed by atoms with Gasteiger partial charge in [0.2, 0.25) is 0 Å². The monoisotopic (exact) mass is 691 g/mol. The molecule has 0 aromatic heterocycles. The van der Waals surface area contributed by atoms with Crippen LogP contribution < -0.4 is 0 Å². The molecule has 8 nitrogen and oxygen atoms in total. The molecule has 0 amide bonds. The number of hydrogen-bond acceptors (Lipinski definition) is 6. The van der Waals surface area contributed by atoms with Gasteiger partial charge in [0.15, 0.2) is 12.1 Å². The van der Waals surface area contributed by atoms with Crippen molar-refractivity contribution in [3.05, 3.63) is 48.6 Å². The molecule has 0 aliphatic heterocycles. The van der Waals surface area contributed by atoms with Crippen LogP contribution in [0.3, 0.4) is 0 Å². The van der Waals surface area contributed by atoms with E-state index >= 15 is 0 Å². The highest BCUT2D eigenvalue weighted by Crippen LogP contribution is 2.13. The highest BCUT2D eigenvalue weighted by atomic mass is 16.6. The van der Waals surface area contributed by atoms with Crippen LogP contribution in [0, 0.1) is 0 Å². The number of carboxylic acids is 1. The number of carbonyl (C=O) groups excluding carboxylic acids is 2. The van der Waals surface area contributed by atoms with Gasteiger partial charge in [0.1, 0.15) is 6.61 Å². The maximum absolute atomic E-state index is 12.6. The maximum Gasteiger partial charge on any atom is 0.362 e. The van der Waals surface area contributed by atoms with Crippen molar-refractivity contribution in [2.45, 2.75) is 154 Å². The number of likely N-dealkylation sites (N-methyl/N-ethyl adjacent to an activating group) is 1. The molecule has 0 radical (unpaired) electrons. The lowest BCUT2D eigenvalue weighted by Crippen LogP contribution is -2.50. The number of allylic oxidation sites excluding steroid dienone is 8. The van der Waals surface area contributed by atoms with Gasteiger partial charge in [0, 0.05) is 19.3 Å². The first kappa shape index (κ1) is 46.3. The van der Waals surface area contributed by atoms with Gasteiger partial charge in [-0.15, -0.1) is 0 Å². The third-order valence-corrected chi connectivity index (χ3v) is 8.24. The van der Waals surface area contributed by atoms with Crippen molar-refractivity contribution in [2.75, 3.05) is 41.0 Å². The van der Waals surface area contributed by atoms with E-state index in [0.717, 1.165) is 77.0 Å². The van der Waals surface area contributed by atoms with Gasteiger partial charge in [-0.1, -0.05) is 120 Å². The molecule has 0 aromatic rings. The lowest BCUT2D eigenvalue weighted by Gasteiger charge is -2.31. The summed E-state index contributed by atoms with van der Waals surface area (Å²) in [5.74, 6) is -1.50. The molecule has 49 heavy (non-hydrogen) atoms. The van der Waals surface area contributed by atoms with Crippen LogP contribution in [0.25, 0.3) is 0 Å². The molecule has 0 spiro atoms. The molecule has 282 valence electrons. The van der Waals surface area contributed by atoms with Gasteiger partial charge in [-0.3, -0.25) is 9.59 Å². The van der Waals surface area contributed by atoms with E-state index in [1.54, 1.807) is 0 Å². The van der Waals surface area contributed by atoms with Crippen molar-refractivity contribution in [1.29, 1.82) is 0 Å². The number of unbranched alkanes of at least 4 members (excludes halogenated alkanes) is 11. The molecular weight excluding hydrogens is 618 g/mol. The average Bonchev–Trinajstić information content (AvgIpc) is 3.05. The number of carbonyl (C=O) groups is 3. The Hall–Kier alpha value is -2.71. The van der Waals surface area contributed by atoms with E-state index < -0.39 is 18.1 Å². The summed E-state index contributed by atoms with van der Waals surface area (Å²) >= 11 is 0. The maximum atomic E-state index is 12.6. The van der Waals surface area contributed by atoms with Crippen LogP contribution >= 0.6 is 0 Å². The molecule has 8 heteroatoms. The Morgan fingerprint density at radius 1 is 0.633 bits per heavy atom. The second-order valence-corrected chi connectivity index (χ2v) is 13.8. The third-order valence-electron chi connectivity index (χ3n) is 8.24. The zero-order chi connectivity index (χ0) is 36.4. The van der Waals surface area contributed by atoms with Gasteiger partial charge >= 0.3 is 17.9 Å². The minimum Gasteiger partial charge on any atom is -0.477 e. The fourth-order valence-electron chi connectivity index (χ4n) is 5.26. The van der Waals surface area contributed by atoms with Crippen LogP contribution in [0.2, 0.25) is 0 Å². The van der Waals surface area contributed by atoms with Crippen molar-refractivity contribution in [2.24, 2.45) is 0 Å². The molecule has 0 fully saturated rings. The first-order chi connectivity index (χ1) is 23.6. The van der Waals surface area contributed by atoms with E-state index in [1.807, 2.05) is 21.1 Å². The van der Waals surface area contributed by atoms with Gasteiger partial charge in [-0.2, -0.15) is 0 Å². The largest absolute Gasteiger partial charge is 0.477 e. The van der Waals surface area contributed by atoms with Gasteiger partial charge in [-0.05, 0) is 51.4 Å². The van der Waals surface area contributed by atoms with Crippen LogP contribution in [-0.4, -0.2) is 80.6 Å². The highest BCUT2D eigenvalue weighted by Gasteiger charge is 2.31. The number of aliphatic carboxylic acids is 1. The zero-order valence-corrected chi connectivity index (χ0v) is 31.9. The van der Waals surface area contributed by atoms with E-state index in [4.69, 9.17) is 14.2 Å². The van der Waals surface area contributed by atoms with Crippen LogP contribution in [0.4, 0.5) is 0 Å². The molecular formula is C41H72NO7+. The number of carboxylic acid groups (broad SMARTS) is 1. The molecule has 0 bridgehead atoms. The molecule has 0 aliphatic rings. The summed E-state index contributed by atoms with van der Waals surface area (Å²) in [5.41, 5.74) is 0. The van der Waals surface area contributed by atoms with Gasteiger partial charge in [0.25, 0.3) is 0 Å². The summed E-state index contributed by atoms with van der Waals surface area (Å²) in [6, 6.07) is -0.613. The zero-order valence-electron chi connectivity index (χ0n) is 31.9. The van der Waals surface area contributed by atoms with Crippen molar-refractivity contribution in [3.8, 4) is 0 Å². The summed E-state index contributed by atoms with van der Waals surface area (Å²) in [6.07, 6.45) is 36.3. The fourth-order valence-corrected chi connectivity index (χ4v) is 5.26. The summed E-state index contributed by atoms with van der Waals surface area (Å²) in [6.45, 7) is 4.47. The molecule has 0 saturated heterocycles. The number of hydrogen-bond donors (Lipinski definition) is 1. The summed E-state index contributed by atoms with van der Waals surface area (Å²) in [5, 5.41) is 9.54. The SMILES string of the molecule is CC/C=C\C/C=C\C/C=C\C/C=C\CCCCCCCCCCC(=O)OC(COCCC(C(=O)O)[N+](C)(C)C)COC(=O)CCCCCC. The van der Waals surface area contributed by atoms with E-state index in [0.29, 0.717) is 19.3 Å². The minimum atomic E-state index is -0.881. The Bertz CT molecular complexity index is 948. The third kappa shape index (κ3) is 31.0. The van der Waals surface area contributed by atoms with Crippen molar-refractivity contribution >= 4 is 17.9 Å². The topological polar surface area (TPSA) is 99.1 Å². The average molecular weight is 691 g/mol. The number of ether oxygens (including phenoxy) is 3. The van der Waals surface area contributed by atoms with E-state index in [1.165, 1.54) is 32.1 Å². The Morgan fingerprint density at radius 2 is 1.14 bits per heavy atom. The molecule has 0 aromatic carbocycles. The summed E-state index contributed by atoms with van der Waals surface area (Å²) in [7, 11) is 5.50. The first-order valence-electron chi connectivity index (χ1n) is 19.2. The smallest absolute Gasteiger partial charge is 0.362 e. The minimum absolute atomic E-state index is 0.0562. The summed E-state index contributed by atoms with van der Waals surface area (Å²) < 4.78 is 17.0.